The molecule has 0 aromatic rings. The molecule has 0 spiro atoms. The Kier molecular flexibility index (Phi) is 7.95. The number of ether oxygens (including phenoxy) is 1. The largest absolute Gasteiger partial charge is 0.462 e. The van der Waals surface area contributed by atoms with Gasteiger partial charge in [0, 0.05) is 19.8 Å². The van der Waals surface area contributed by atoms with Crippen LogP contribution in [0.2, 0.25) is 0 Å². The zero-order valence-electron chi connectivity index (χ0n) is 12.9. The molecule has 0 bridgehead atoms. The molecule has 3 heteroatoms. The number of carbonyl (C=O) groups excluding carboxylic acids is 1. The third kappa shape index (κ3) is 8.43. The number of aliphatic hydroxyl groups excluding tert-OH is 1. The molecule has 4 atom stereocenters. The Morgan fingerprint density at radius 1 is 1.14 bits per heavy atom. The van der Waals surface area contributed by atoms with Gasteiger partial charge in [0.15, 0.2) is 0 Å². The second kappa shape index (κ2) is 9.48. The van der Waals surface area contributed by atoms with Gasteiger partial charge in [0.2, 0.25) is 0 Å². The van der Waals surface area contributed by atoms with Gasteiger partial charge in [-0.25, -0.2) is 0 Å². The van der Waals surface area contributed by atoms with Gasteiger partial charge in [-0.2, -0.15) is 0 Å². The van der Waals surface area contributed by atoms with Gasteiger partial charge in [-0.3, -0.25) is 4.79 Å². The van der Waals surface area contributed by atoms with Gasteiger partial charge in [-0.1, -0.05) is 0 Å². The number of hydrogen-bond acceptors (Lipinski definition) is 3. The molecular formula is C18H26O3. The molecule has 2 fully saturated rings. The predicted octanol–water partition coefficient (Wildman–Crippen LogP) is 2.91. The Morgan fingerprint density at radius 3 is 2.10 bits per heavy atom. The van der Waals surface area contributed by atoms with Crippen LogP contribution in [0.3, 0.4) is 0 Å². The van der Waals surface area contributed by atoms with Crippen molar-refractivity contribution in [2.75, 3.05) is 0 Å². The van der Waals surface area contributed by atoms with Crippen molar-refractivity contribution in [2.45, 2.75) is 70.5 Å². The molecule has 1 N–H and O–H groups in total. The van der Waals surface area contributed by atoms with Crippen LogP contribution in [0, 0.1) is 36.5 Å². The first-order valence-electron chi connectivity index (χ1n) is 7.80. The fourth-order valence-electron chi connectivity index (χ4n) is 2.36. The van der Waals surface area contributed by atoms with Crippen molar-refractivity contribution in [3.63, 3.8) is 0 Å². The van der Waals surface area contributed by atoms with Gasteiger partial charge < -0.3 is 9.84 Å². The van der Waals surface area contributed by atoms with Gasteiger partial charge in [0.1, 0.15) is 6.10 Å². The number of carbonyl (C=O) groups is 1. The highest BCUT2D eigenvalue weighted by atomic mass is 16.5. The Balaban J connectivity index is 0.000000219. The van der Waals surface area contributed by atoms with Crippen LogP contribution >= 0.6 is 0 Å². The van der Waals surface area contributed by atoms with E-state index < -0.39 is 0 Å². The molecule has 21 heavy (non-hydrogen) atoms. The number of esters is 1. The summed E-state index contributed by atoms with van der Waals surface area (Å²) in [7, 11) is 0. The molecule has 0 heterocycles. The minimum absolute atomic E-state index is 0.00257. The Labute approximate surface area is 128 Å². The third-order valence-corrected chi connectivity index (χ3v) is 3.85. The Hall–Kier alpha value is -1.45. The van der Waals surface area contributed by atoms with E-state index in [-0.39, 0.29) is 18.2 Å². The highest BCUT2D eigenvalue weighted by Crippen LogP contribution is 2.37. The number of terminal acetylenes is 2. The normalized spacial score (nSPS) is 28.4. The van der Waals surface area contributed by atoms with Crippen molar-refractivity contribution in [1.82, 2.24) is 0 Å². The van der Waals surface area contributed by atoms with Crippen molar-refractivity contribution in [3.8, 4) is 24.7 Å². The maximum absolute atomic E-state index is 10.5. The molecule has 2 saturated carbocycles. The van der Waals surface area contributed by atoms with E-state index in [9.17, 15) is 4.79 Å². The standard InChI is InChI=1S/C10H14O2.C8H12O/c1-3-4-5-6-9-7-10(9)12-8(2)11;1-2-3-4-5-7-6-8(7)9/h1,9-10H,4-7H2,2H3;1,7-9H,3-6H2/t;7-,8-/m.1/s1. The highest BCUT2D eigenvalue weighted by Gasteiger charge is 2.39. The van der Waals surface area contributed by atoms with Gasteiger partial charge in [0.05, 0.1) is 6.10 Å². The van der Waals surface area contributed by atoms with E-state index in [0.717, 1.165) is 51.4 Å². The molecule has 2 rings (SSSR count). The second-order valence-electron chi connectivity index (χ2n) is 5.90. The summed E-state index contributed by atoms with van der Waals surface area (Å²) in [5, 5.41) is 8.87. The quantitative estimate of drug-likeness (QED) is 0.445. The van der Waals surface area contributed by atoms with Crippen molar-refractivity contribution in [3.05, 3.63) is 0 Å². The summed E-state index contributed by atoms with van der Waals surface area (Å²) >= 11 is 0. The highest BCUT2D eigenvalue weighted by molar-refractivity contribution is 5.66. The SMILES string of the molecule is C#CCCCC1CC1OC(C)=O.C#CCCC[C@@H]1C[C@H]1O. The summed E-state index contributed by atoms with van der Waals surface area (Å²) in [4.78, 5) is 10.5. The number of hydrogen-bond donors (Lipinski definition) is 1. The lowest BCUT2D eigenvalue weighted by Crippen LogP contribution is -2.02. The van der Waals surface area contributed by atoms with E-state index in [1.807, 2.05) is 0 Å². The maximum Gasteiger partial charge on any atom is 0.302 e. The topological polar surface area (TPSA) is 46.5 Å². The maximum atomic E-state index is 10.5. The lowest BCUT2D eigenvalue weighted by molar-refractivity contribution is -0.142. The zero-order valence-corrected chi connectivity index (χ0v) is 12.9. The Morgan fingerprint density at radius 2 is 1.67 bits per heavy atom. The molecule has 0 aromatic heterocycles. The van der Waals surface area contributed by atoms with Crippen molar-refractivity contribution >= 4 is 5.97 Å². The van der Waals surface area contributed by atoms with Crippen molar-refractivity contribution in [2.24, 2.45) is 11.8 Å². The summed E-state index contributed by atoms with van der Waals surface area (Å²) in [6.45, 7) is 1.46. The van der Waals surface area contributed by atoms with E-state index >= 15 is 0 Å². The second-order valence-corrected chi connectivity index (χ2v) is 5.90. The van der Waals surface area contributed by atoms with Gasteiger partial charge in [-0.15, -0.1) is 24.7 Å². The minimum atomic E-state index is -0.167. The summed E-state index contributed by atoms with van der Waals surface area (Å²) in [5.74, 6) is 6.18. The molecule has 2 aliphatic carbocycles. The molecule has 0 saturated heterocycles. The minimum Gasteiger partial charge on any atom is -0.462 e. The Bertz CT molecular complexity index is 402. The van der Waals surface area contributed by atoms with Crippen molar-refractivity contribution < 1.29 is 14.6 Å². The molecular weight excluding hydrogens is 264 g/mol. The summed E-state index contributed by atoms with van der Waals surface area (Å²) in [5.41, 5.74) is 0. The van der Waals surface area contributed by atoms with Gasteiger partial charge >= 0.3 is 5.97 Å². The van der Waals surface area contributed by atoms with E-state index in [2.05, 4.69) is 11.8 Å². The van der Waals surface area contributed by atoms with Gasteiger partial charge in [0.25, 0.3) is 0 Å². The lowest BCUT2D eigenvalue weighted by atomic mass is 10.2. The fraction of sp³-hybridized carbons (Fsp3) is 0.722. The molecule has 0 aliphatic heterocycles. The first-order chi connectivity index (χ1) is 10.1. The molecule has 116 valence electrons. The average molecular weight is 290 g/mol. The summed E-state index contributed by atoms with van der Waals surface area (Å²) in [6.07, 6.45) is 18.5. The van der Waals surface area contributed by atoms with Crippen LogP contribution in [0.15, 0.2) is 0 Å². The van der Waals surface area contributed by atoms with Crippen LogP contribution in [0.1, 0.15) is 58.3 Å². The molecule has 2 unspecified atom stereocenters. The molecule has 0 amide bonds. The number of unbranched alkanes of at least 4 members (excludes halogenated alkanes) is 2. The van der Waals surface area contributed by atoms with Crippen LogP contribution in [0.5, 0.6) is 0 Å². The molecule has 3 nitrogen and oxygen atoms in total. The first-order valence-corrected chi connectivity index (χ1v) is 7.80. The van der Waals surface area contributed by atoms with Crippen molar-refractivity contribution in [1.29, 1.82) is 0 Å². The number of aliphatic hydroxyl groups is 1. The molecule has 0 aromatic carbocycles. The van der Waals surface area contributed by atoms with E-state index in [4.69, 9.17) is 22.7 Å². The van der Waals surface area contributed by atoms with E-state index in [1.54, 1.807) is 0 Å². The molecule has 0 radical (unpaired) electrons. The predicted molar refractivity (Wildman–Crippen MR) is 83.1 cm³/mol. The smallest absolute Gasteiger partial charge is 0.302 e. The van der Waals surface area contributed by atoms with Crippen LogP contribution in [0.25, 0.3) is 0 Å². The lowest BCUT2D eigenvalue weighted by Gasteiger charge is -1.98. The van der Waals surface area contributed by atoms with E-state index in [1.165, 1.54) is 6.92 Å². The summed E-state index contributed by atoms with van der Waals surface area (Å²) < 4.78 is 5.01. The molecule has 2 aliphatic rings. The van der Waals surface area contributed by atoms with Crippen LogP contribution < -0.4 is 0 Å². The van der Waals surface area contributed by atoms with Crippen LogP contribution in [0.4, 0.5) is 0 Å². The average Bonchev–Trinajstić information content (AvgIpc) is 3.31. The fourth-order valence-corrected chi connectivity index (χ4v) is 2.36. The van der Waals surface area contributed by atoms with Gasteiger partial charge in [-0.05, 0) is 50.4 Å². The van der Waals surface area contributed by atoms with E-state index in [0.29, 0.717) is 11.8 Å². The van der Waals surface area contributed by atoms with Crippen LogP contribution in [-0.2, 0) is 9.53 Å². The zero-order chi connectivity index (χ0) is 15.7. The monoisotopic (exact) mass is 290 g/mol. The number of rotatable bonds is 7. The summed E-state index contributed by atoms with van der Waals surface area (Å²) in [6, 6.07) is 0. The first kappa shape index (κ1) is 17.6. The third-order valence-electron chi connectivity index (χ3n) is 3.85. The van der Waals surface area contributed by atoms with Crippen LogP contribution in [-0.4, -0.2) is 23.3 Å².